The summed E-state index contributed by atoms with van der Waals surface area (Å²) in [6.07, 6.45) is 1.80. The van der Waals surface area contributed by atoms with Gasteiger partial charge in [0.2, 0.25) is 10.0 Å². The molecule has 1 aromatic carbocycles. The van der Waals surface area contributed by atoms with Crippen molar-refractivity contribution in [3.8, 4) is 11.5 Å². The highest BCUT2D eigenvalue weighted by atomic mass is 35.5. The molecule has 0 bridgehead atoms. The third kappa shape index (κ3) is 3.69. The van der Waals surface area contributed by atoms with Crippen LogP contribution < -0.4 is 14.8 Å². The standard InChI is InChI=1S/C14H19ClN2O4S.ClH/c1-16-10-3-2-4-17(9-10)22(18,19)14-8-13-12(7-11(14)15)20-5-6-21-13;/h7-8,10,16H,2-6,9H2,1H3;1H. The molecule has 0 aliphatic carbocycles. The van der Waals surface area contributed by atoms with E-state index in [1.807, 2.05) is 7.05 Å². The molecule has 1 N–H and O–H groups in total. The maximum Gasteiger partial charge on any atom is 0.244 e. The number of hydrogen-bond acceptors (Lipinski definition) is 5. The van der Waals surface area contributed by atoms with Crippen molar-refractivity contribution in [2.24, 2.45) is 0 Å². The van der Waals surface area contributed by atoms with Gasteiger partial charge >= 0.3 is 0 Å². The maximum absolute atomic E-state index is 12.9. The zero-order chi connectivity index (χ0) is 15.7. The number of nitrogens with one attached hydrogen (secondary N) is 1. The van der Waals surface area contributed by atoms with E-state index in [-0.39, 0.29) is 28.4 Å². The van der Waals surface area contributed by atoms with Crippen LogP contribution in [0.3, 0.4) is 0 Å². The van der Waals surface area contributed by atoms with E-state index >= 15 is 0 Å². The number of benzene rings is 1. The molecule has 0 saturated carbocycles. The van der Waals surface area contributed by atoms with Crippen molar-refractivity contribution in [3.63, 3.8) is 0 Å². The highest BCUT2D eigenvalue weighted by Crippen LogP contribution is 2.38. The van der Waals surface area contributed by atoms with Crippen LogP contribution in [0.25, 0.3) is 0 Å². The summed E-state index contributed by atoms with van der Waals surface area (Å²) < 4.78 is 38.1. The third-order valence-electron chi connectivity index (χ3n) is 4.01. The number of ether oxygens (including phenoxy) is 2. The lowest BCUT2D eigenvalue weighted by Gasteiger charge is -2.32. The molecule has 1 fully saturated rings. The van der Waals surface area contributed by atoms with Crippen molar-refractivity contribution in [1.29, 1.82) is 0 Å². The Bertz CT molecular complexity index is 669. The number of halogens is 2. The van der Waals surface area contributed by atoms with Crippen LogP contribution >= 0.6 is 24.0 Å². The van der Waals surface area contributed by atoms with Crippen LogP contribution in [0.5, 0.6) is 11.5 Å². The van der Waals surface area contributed by atoms with E-state index in [4.69, 9.17) is 21.1 Å². The summed E-state index contributed by atoms with van der Waals surface area (Å²) >= 11 is 6.18. The van der Waals surface area contributed by atoms with E-state index in [0.717, 1.165) is 12.8 Å². The SMILES string of the molecule is CNC1CCCN(S(=O)(=O)c2cc3c(cc2Cl)OCCO3)C1.Cl. The first-order valence-electron chi connectivity index (χ1n) is 7.29. The van der Waals surface area contributed by atoms with E-state index in [9.17, 15) is 8.42 Å². The molecular weight excluding hydrogens is 363 g/mol. The second-order valence-corrected chi connectivity index (χ2v) is 7.73. The molecule has 3 rings (SSSR count). The smallest absolute Gasteiger partial charge is 0.244 e. The molecule has 1 unspecified atom stereocenters. The lowest BCUT2D eigenvalue weighted by molar-refractivity contribution is 0.171. The van der Waals surface area contributed by atoms with Crippen LogP contribution in [0.4, 0.5) is 0 Å². The molecule has 2 heterocycles. The number of sulfonamides is 1. The average Bonchev–Trinajstić information content (AvgIpc) is 2.54. The predicted molar refractivity (Wildman–Crippen MR) is 90.5 cm³/mol. The highest BCUT2D eigenvalue weighted by Gasteiger charge is 2.32. The summed E-state index contributed by atoms with van der Waals surface area (Å²) in [6, 6.07) is 3.15. The summed E-state index contributed by atoms with van der Waals surface area (Å²) in [4.78, 5) is 0.0789. The van der Waals surface area contributed by atoms with Crippen molar-refractivity contribution >= 4 is 34.0 Å². The summed E-state index contributed by atoms with van der Waals surface area (Å²) in [6.45, 7) is 1.79. The molecule has 6 nitrogen and oxygen atoms in total. The van der Waals surface area contributed by atoms with Crippen molar-refractivity contribution in [3.05, 3.63) is 17.2 Å². The van der Waals surface area contributed by atoms with Crippen molar-refractivity contribution < 1.29 is 17.9 Å². The molecule has 130 valence electrons. The summed E-state index contributed by atoms with van der Waals surface area (Å²) in [5.74, 6) is 0.915. The first-order chi connectivity index (χ1) is 10.5. The topological polar surface area (TPSA) is 67.9 Å². The number of rotatable bonds is 3. The predicted octanol–water partition coefficient (Wildman–Crippen LogP) is 1.91. The normalized spacial score (nSPS) is 21.6. The first kappa shape index (κ1) is 18.6. The van der Waals surface area contributed by atoms with E-state index in [0.29, 0.717) is 37.8 Å². The quantitative estimate of drug-likeness (QED) is 0.864. The van der Waals surface area contributed by atoms with Gasteiger partial charge in [-0.1, -0.05) is 11.6 Å². The zero-order valence-electron chi connectivity index (χ0n) is 12.7. The van der Waals surface area contributed by atoms with Crippen LogP contribution in [0.1, 0.15) is 12.8 Å². The minimum atomic E-state index is -3.64. The van der Waals surface area contributed by atoms with Crippen molar-refractivity contribution in [1.82, 2.24) is 9.62 Å². The number of piperidine rings is 1. The van der Waals surface area contributed by atoms with Crippen LogP contribution in [-0.4, -0.2) is 52.1 Å². The van der Waals surface area contributed by atoms with Gasteiger partial charge in [0.05, 0.1) is 5.02 Å². The Kier molecular flexibility index (Phi) is 6.02. The molecule has 2 aliphatic rings. The summed E-state index contributed by atoms with van der Waals surface area (Å²) in [5, 5.41) is 3.30. The Morgan fingerprint density at radius 2 is 1.91 bits per heavy atom. The first-order valence-corrected chi connectivity index (χ1v) is 9.10. The Hall–Kier alpha value is -0.730. The fourth-order valence-corrected chi connectivity index (χ4v) is 4.81. The Morgan fingerprint density at radius 3 is 2.57 bits per heavy atom. The number of nitrogens with zero attached hydrogens (tertiary/aromatic N) is 1. The van der Waals surface area contributed by atoms with Gasteiger partial charge in [0, 0.05) is 31.3 Å². The average molecular weight is 383 g/mol. The van der Waals surface area contributed by atoms with E-state index in [2.05, 4.69) is 5.32 Å². The fourth-order valence-electron chi connectivity index (χ4n) is 2.78. The van der Waals surface area contributed by atoms with Gasteiger partial charge in [0.25, 0.3) is 0 Å². The molecule has 1 saturated heterocycles. The molecule has 23 heavy (non-hydrogen) atoms. The largest absolute Gasteiger partial charge is 0.486 e. The van der Waals surface area contributed by atoms with Gasteiger partial charge in [-0.25, -0.2) is 8.42 Å². The fraction of sp³-hybridized carbons (Fsp3) is 0.571. The van der Waals surface area contributed by atoms with Gasteiger partial charge in [-0.3, -0.25) is 0 Å². The third-order valence-corrected chi connectivity index (χ3v) is 6.34. The Morgan fingerprint density at radius 1 is 1.26 bits per heavy atom. The van der Waals surface area contributed by atoms with Gasteiger partial charge in [-0.2, -0.15) is 4.31 Å². The minimum absolute atomic E-state index is 0. The molecule has 0 radical (unpaired) electrons. The molecule has 0 amide bonds. The van der Waals surface area contributed by atoms with Crippen LogP contribution in [0, 0.1) is 0 Å². The van der Waals surface area contributed by atoms with E-state index in [1.165, 1.54) is 16.4 Å². The lowest BCUT2D eigenvalue weighted by atomic mass is 10.1. The molecule has 0 spiro atoms. The van der Waals surface area contributed by atoms with Crippen LogP contribution in [0.15, 0.2) is 17.0 Å². The number of fused-ring (bicyclic) bond motifs is 1. The van der Waals surface area contributed by atoms with Crippen molar-refractivity contribution in [2.75, 3.05) is 33.4 Å². The van der Waals surface area contributed by atoms with Crippen molar-refractivity contribution in [2.45, 2.75) is 23.8 Å². The van der Waals surface area contributed by atoms with Crippen LogP contribution in [0.2, 0.25) is 5.02 Å². The summed E-state index contributed by atoms with van der Waals surface area (Å²) in [5.41, 5.74) is 0. The molecule has 1 atom stereocenters. The Balaban J connectivity index is 0.00000192. The monoisotopic (exact) mass is 382 g/mol. The molecule has 9 heteroatoms. The molecule has 1 aromatic rings. The van der Waals surface area contributed by atoms with Gasteiger partial charge < -0.3 is 14.8 Å². The van der Waals surface area contributed by atoms with E-state index in [1.54, 1.807) is 0 Å². The number of likely N-dealkylation sites (N-methyl/N-ethyl adjacent to an activating group) is 1. The second kappa shape index (κ2) is 7.44. The minimum Gasteiger partial charge on any atom is -0.486 e. The zero-order valence-corrected chi connectivity index (χ0v) is 15.1. The summed E-state index contributed by atoms with van der Waals surface area (Å²) in [7, 11) is -1.80. The van der Waals surface area contributed by atoms with Gasteiger partial charge in [-0.05, 0) is 19.9 Å². The highest BCUT2D eigenvalue weighted by molar-refractivity contribution is 7.89. The van der Waals surface area contributed by atoms with Gasteiger partial charge in [-0.15, -0.1) is 12.4 Å². The molecule has 0 aromatic heterocycles. The lowest BCUT2D eigenvalue weighted by Crippen LogP contribution is -2.46. The van der Waals surface area contributed by atoms with Gasteiger partial charge in [0.1, 0.15) is 18.1 Å². The number of hydrogen-bond donors (Lipinski definition) is 1. The molecular formula is C14H20Cl2N2O4S. The maximum atomic E-state index is 12.9. The second-order valence-electron chi connectivity index (χ2n) is 5.42. The van der Waals surface area contributed by atoms with Gasteiger partial charge in [0.15, 0.2) is 11.5 Å². The van der Waals surface area contributed by atoms with Crippen LogP contribution in [-0.2, 0) is 10.0 Å². The molecule has 2 aliphatic heterocycles. The van der Waals surface area contributed by atoms with E-state index < -0.39 is 10.0 Å². The Labute approximate surface area is 147 Å².